The third-order valence-corrected chi connectivity index (χ3v) is 6.09. The second kappa shape index (κ2) is 8.94. The minimum absolute atomic E-state index is 0.00116. The molecule has 0 unspecified atom stereocenters. The molecule has 32 heavy (non-hydrogen) atoms. The van der Waals surface area contributed by atoms with Gasteiger partial charge in [-0.1, -0.05) is 30.3 Å². The number of methoxy groups -OCH3 is 1. The Morgan fingerprint density at radius 1 is 1.00 bits per heavy atom. The fourth-order valence-electron chi connectivity index (χ4n) is 4.50. The number of ether oxygens (including phenoxy) is 2. The highest BCUT2D eigenvalue weighted by Gasteiger charge is 2.31. The molecule has 2 heterocycles. The van der Waals surface area contributed by atoms with Crippen LogP contribution in [0.15, 0.2) is 42.5 Å². The van der Waals surface area contributed by atoms with Crippen LogP contribution in [0.2, 0.25) is 0 Å². The zero-order valence-corrected chi connectivity index (χ0v) is 19.4. The number of fused-ring (bicyclic) bond motifs is 2. The van der Waals surface area contributed by atoms with Gasteiger partial charge in [0.25, 0.3) is 5.91 Å². The van der Waals surface area contributed by atoms with Crippen LogP contribution in [0.3, 0.4) is 0 Å². The Hall–Kier alpha value is -2.86. The van der Waals surface area contributed by atoms with Crippen molar-refractivity contribution in [2.45, 2.75) is 58.3 Å². The lowest BCUT2D eigenvalue weighted by Gasteiger charge is -2.37. The van der Waals surface area contributed by atoms with Crippen molar-refractivity contribution < 1.29 is 19.1 Å². The average molecular weight is 437 g/mol. The molecule has 0 aromatic heterocycles. The maximum atomic E-state index is 13.5. The third kappa shape index (κ3) is 4.80. The van der Waals surface area contributed by atoms with Gasteiger partial charge in [-0.05, 0) is 68.0 Å². The van der Waals surface area contributed by atoms with Gasteiger partial charge in [0.05, 0.1) is 12.6 Å². The van der Waals surface area contributed by atoms with Gasteiger partial charge >= 0.3 is 6.09 Å². The zero-order valence-electron chi connectivity index (χ0n) is 19.4. The Labute approximate surface area is 190 Å². The molecule has 0 radical (unpaired) electrons. The van der Waals surface area contributed by atoms with E-state index >= 15 is 0 Å². The molecule has 2 amide bonds. The summed E-state index contributed by atoms with van der Waals surface area (Å²) in [7, 11) is 1.67. The van der Waals surface area contributed by atoms with Crippen LogP contribution in [-0.4, -0.2) is 53.7 Å². The summed E-state index contributed by atoms with van der Waals surface area (Å²) < 4.78 is 11.0. The molecule has 1 atom stereocenters. The lowest BCUT2D eigenvalue weighted by molar-refractivity contribution is 0.0224. The molecule has 0 spiro atoms. The molecule has 0 N–H and O–H groups in total. The summed E-state index contributed by atoms with van der Waals surface area (Å²) in [5.74, 6) is -0.00116. The molecule has 170 valence electrons. The monoisotopic (exact) mass is 436 g/mol. The number of carbonyl (C=O) groups is 2. The van der Waals surface area contributed by atoms with Gasteiger partial charge in [-0.15, -0.1) is 0 Å². The molecule has 0 aliphatic carbocycles. The van der Waals surface area contributed by atoms with E-state index < -0.39 is 5.60 Å². The van der Waals surface area contributed by atoms with Gasteiger partial charge in [0, 0.05) is 32.3 Å². The highest BCUT2D eigenvalue weighted by molar-refractivity contribution is 5.95. The molecule has 6 heteroatoms. The van der Waals surface area contributed by atoms with E-state index in [2.05, 4.69) is 12.1 Å². The van der Waals surface area contributed by atoms with Crippen LogP contribution in [-0.2, 0) is 35.4 Å². The van der Waals surface area contributed by atoms with Crippen LogP contribution in [0.4, 0.5) is 4.79 Å². The van der Waals surface area contributed by atoms with E-state index in [1.54, 1.807) is 12.0 Å². The molecule has 0 saturated heterocycles. The predicted octanol–water partition coefficient (Wildman–Crippen LogP) is 4.19. The van der Waals surface area contributed by atoms with E-state index in [0.717, 1.165) is 18.4 Å². The summed E-state index contributed by atoms with van der Waals surface area (Å²) >= 11 is 0. The molecule has 0 fully saturated rings. The van der Waals surface area contributed by atoms with E-state index in [-0.39, 0.29) is 18.0 Å². The lowest BCUT2D eigenvalue weighted by atomic mass is 9.92. The normalized spacial score (nSPS) is 18.1. The fourth-order valence-corrected chi connectivity index (χ4v) is 4.50. The van der Waals surface area contributed by atoms with Crippen molar-refractivity contribution in [1.29, 1.82) is 0 Å². The zero-order chi connectivity index (χ0) is 22.9. The minimum Gasteiger partial charge on any atom is -0.444 e. The van der Waals surface area contributed by atoms with Gasteiger partial charge in [-0.25, -0.2) is 4.79 Å². The average Bonchev–Trinajstić information content (AvgIpc) is 2.76. The fraction of sp³-hybridized carbons (Fsp3) is 0.462. The topological polar surface area (TPSA) is 59.1 Å². The first-order valence-corrected chi connectivity index (χ1v) is 11.2. The molecule has 2 aromatic rings. The first-order chi connectivity index (χ1) is 15.2. The standard InChI is InChI=1S/C26H32N2O4/c1-26(2,3)32-25(30)27-12-11-18-9-10-20(13-22(18)15-27)24(29)28-16-21-8-6-5-7-19(21)14-23(28)17-31-4/h5-10,13,23H,11-12,14-17H2,1-4H3/t23-/m0/s1. The SMILES string of the molecule is COC[C@@H]1Cc2ccccc2CN1C(=O)c1ccc2c(c1)CN(C(=O)OC(C)(C)C)CC2. The Bertz CT molecular complexity index is 1010. The molecule has 2 aliphatic heterocycles. The minimum atomic E-state index is -0.532. The van der Waals surface area contributed by atoms with Crippen LogP contribution in [0.5, 0.6) is 0 Å². The molecular formula is C26H32N2O4. The molecule has 2 aliphatic rings. The van der Waals surface area contributed by atoms with Crippen molar-refractivity contribution in [2.75, 3.05) is 20.3 Å². The lowest BCUT2D eigenvalue weighted by Crippen LogP contribution is -2.46. The number of nitrogens with zero attached hydrogens (tertiary/aromatic N) is 2. The van der Waals surface area contributed by atoms with Gasteiger partial charge < -0.3 is 19.3 Å². The van der Waals surface area contributed by atoms with E-state index in [1.807, 2.05) is 56.0 Å². The van der Waals surface area contributed by atoms with Crippen LogP contribution >= 0.6 is 0 Å². The quantitative estimate of drug-likeness (QED) is 0.724. The van der Waals surface area contributed by atoms with Crippen LogP contribution in [0, 0.1) is 0 Å². The van der Waals surface area contributed by atoms with E-state index in [9.17, 15) is 9.59 Å². The maximum Gasteiger partial charge on any atom is 0.410 e. The first kappa shape index (κ1) is 22.3. The largest absolute Gasteiger partial charge is 0.444 e. The highest BCUT2D eigenvalue weighted by atomic mass is 16.6. The van der Waals surface area contributed by atoms with Crippen molar-refractivity contribution in [1.82, 2.24) is 9.80 Å². The second-order valence-electron chi connectivity index (χ2n) is 9.65. The number of carbonyl (C=O) groups excluding carboxylic acids is 2. The van der Waals surface area contributed by atoms with Crippen LogP contribution in [0.1, 0.15) is 53.4 Å². The number of rotatable bonds is 3. The summed E-state index contributed by atoms with van der Waals surface area (Å²) in [6.07, 6.45) is 1.23. The van der Waals surface area contributed by atoms with Crippen molar-refractivity contribution in [2.24, 2.45) is 0 Å². The van der Waals surface area contributed by atoms with E-state index in [1.165, 1.54) is 16.7 Å². The number of amides is 2. The third-order valence-electron chi connectivity index (χ3n) is 6.09. The smallest absolute Gasteiger partial charge is 0.410 e. The Balaban J connectivity index is 1.55. The Kier molecular flexibility index (Phi) is 6.24. The highest BCUT2D eigenvalue weighted by Crippen LogP contribution is 2.27. The summed E-state index contributed by atoms with van der Waals surface area (Å²) in [6, 6.07) is 14.2. The van der Waals surface area contributed by atoms with Crippen LogP contribution in [0.25, 0.3) is 0 Å². The molecule has 0 bridgehead atoms. The van der Waals surface area contributed by atoms with Gasteiger partial charge in [-0.2, -0.15) is 0 Å². The number of benzene rings is 2. The number of hydrogen-bond acceptors (Lipinski definition) is 4. The first-order valence-electron chi connectivity index (χ1n) is 11.2. The summed E-state index contributed by atoms with van der Waals surface area (Å²) in [6.45, 7) is 7.75. The molecule has 6 nitrogen and oxygen atoms in total. The van der Waals surface area contributed by atoms with Crippen molar-refractivity contribution >= 4 is 12.0 Å². The van der Waals surface area contributed by atoms with Gasteiger partial charge in [-0.3, -0.25) is 4.79 Å². The summed E-state index contributed by atoms with van der Waals surface area (Å²) in [5, 5.41) is 0. The molecule has 2 aromatic carbocycles. The van der Waals surface area contributed by atoms with Gasteiger partial charge in [0.1, 0.15) is 5.60 Å². The second-order valence-corrected chi connectivity index (χ2v) is 9.65. The Morgan fingerprint density at radius 2 is 1.75 bits per heavy atom. The summed E-state index contributed by atoms with van der Waals surface area (Å²) in [5.41, 5.74) is 4.76. The predicted molar refractivity (Wildman–Crippen MR) is 122 cm³/mol. The molecule has 0 saturated carbocycles. The molecule has 4 rings (SSSR count). The summed E-state index contributed by atoms with van der Waals surface area (Å²) in [4.78, 5) is 29.7. The van der Waals surface area contributed by atoms with Crippen LogP contribution < -0.4 is 0 Å². The Morgan fingerprint density at radius 3 is 2.47 bits per heavy atom. The van der Waals surface area contributed by atoms with Gasteiger partial charge in [0.15, 0.2) is 0 Å². The van der Waals surface area contributed by atoms with E-state index in [0.29, 0.717) is 31.8 Å². The van der Waals surface area contributed by atoms with E-state index in [4.69, 9.17) is 9.47 Å². The van der Waals surface area contributed by atoms with Crippen molar-refractivity contribution in [3.05, 3.63) is 70.3 Å². The number of hydrogen-bond donors (Lipinski definition) is 0. The molecular weight excluding hydrogens is 404 g/mol. The van der Waals surface area contributed by atoms with Crippen molar-refractivity contribution in [3.8, 4) is 0 Å². The van der Waals surface area contributed by atoms with Crippen molar-refractivity contribution in [3.63, 3.8) is 0 Å². The maximum absolute atomic E-state index is 13.5. The van der Waals surface area contributed by atoms with Gasteiger partial charge in [0.2, 0.25) is 0 Å².